The molecule has 0 aliphatic heterocycles. The van der Waals surface area contributed by atoms with Crippen LogP contribution < -0.4 is 10.9 Å². The summed E-state index contributed by atoms with van der Waals surface area (Å²) in [5, 5.41) is 2.59. The summed E-state index contributed by atoms with van der Waals surface area (Å²) < 4.78 is 15.1. The average Bonchev–Trinajstić information content (AvgIpc) is 2.38. The van der Waals surface area contributed by atoms with E-state index in [4.69, 9.17) is 0 Å². The van der Waals surface area contributed by atoms with E-state index in [1.807, 2.05) is 0 Å². The first-order chi connectivity index (χ1) is 9.45. The van der Waals surface area contributed by atoms with E-state index < -0.39 is 5.82 Å². The molecule has 0 fully saturated rings. The van der Waals surface area contributed by atoms with Gasteiger partial charge in [-0.1, -0.05) is 6.07 Å². The van der Waals surface area contributed by atoms with Crippen LogP contribution in [0.3, 0.4) is 0 Å². The van der Waals surface area contributed by atoms with Crippen molar-refractivity contribution in [2.75, 3.05) is 5.32 Å². The lowest BCUT2D eigenvalue weighted by atomic mass is 10.2. The van der Waals surface area contributed by atoms with Gasteiger partial charge in [0.1, 0.15) is 12.4 Å². The third-order valence-electron chi connectivity index (χ3n) is 2.74. The molecule has 0 unspecified atom stereocenters. The molecule has 0 bridgehead atoms. The lowest BCUT2D eigenvalue weighted by Gasteiger charge is -2.10. The van der Waals surface area contributed by atoms with Gasteiger partial charge in [0, 0.05) is 22.4 Å². The second-order valence-electron chi connectivity index (χ2n) is 4.32. The number of anilines is 1. The van der Waals surface area contributed by atoms with Gasteiger partial charge in [0.25, 0.3) is 5.56 Å². The third-order valence-corrected chi connectivity index (χ3v) is 3.20. The summed E-state index contributed by atoms with van der Waals surface area (Å²) in [6.07, 6.45) is 1.53. The second kappa shape index (κ2) is 6.00. The van der Waals surface area contributed by atoms with Crippen LogP contribution >= 0.6 is 15.9 Å². The van der Waals surface area contributed by atoms with E-state index in [0.29, 0.717) is 10.2 Å². The van der Waals surface area contributed by atoms with Crippen molar-refractivity contribution in [1.29, 1.82) is 0 Å². The number of pyridine rings is 1. The Kier molecular flexibility index (Phi) is 4.34. The van der Waals surface area contributed by atoms with Crippen molar-refractivity contribution < 1.29 is 9.18 Å². The summed E-state index contributed by atoms with van der Waals surface area (Å²) in [6, 6.07) is 7.12. The summed E-state index contributed by atoms with van der Waals surface area (Å²) in [7, 11) is 0. The van der Waals surface area contributed by atoms with Crippen molar-refractivity contribution in [3.05, 3.63) is 62.7 Å². The third kappa shape index (κ3) is 3.54. The fourth-order valence-corrected chi connectivity index (χ4v) is 2.08. The first kappa shape index (κ1) is 14.5. The molecule has 0 spiro atoms. The van der Waals surface area contributed by atoms with E-state index in [-0.39, 0.29) is 18.0 Å². The van der Waals surface area contributed by atoms with E-state index in [1.54, 1.807) is 19.1 Å². The summed E-state index contributed by atoms with van der Waals surface area (Å²) >= 11 is 3.23. The van der Waals surface area contributed by atoms with Crippen molar-refractivity contribution in [1.82, 2.24) is 4.57 Å². The van der Waals surface area contributed by atoms with Gasteiger partial charge in [0.15, 0.2) is 0 Å². The quantitative estimate of drug-likeness (QED) is 0.935. The Morgan fingerprint density at radius 3 is 2.85 bits per heavy atom. The molecule has 1 amide bonds. The first-order valence-corrected chi connectivity index (χ1v) is 6.67. The number of nitrogens with zero attached hydrogens (tertiary/aromatic N) is 1. The highest BCUT2D eigenvalue weighted by Crippen LogP contribution is 2.15. The van der Waals surface area contributed by atoms with Crippen LogP contribution in [0.25, 0.3) is 0 Å². The molecule has 6 heteroatoms. The van der Waals surface area contributed by atoms with Crippen molar-refractivity contribution in [3.8, 4) is 0 Å². The zero-order valence-corrected chi connectivity index (χ0v) is 12.3. The van der Waals surface area contributed by atoms with Crippen molar-refractivity contribution in [2.45, 2.75) is 13.5 Å². The minimum atomic E-state index is -0.425. The zero-order chi connectivity index (χ0) is 14.7. The van der Waals surface area contributed by atoms with Gasteiger partial charge in [-0.25, -0.2) is 4.39 Å². The monoisotopic (exact) mass is 338 g/mol. The fraction of sp³-hybridized carbons (Fsp3) is 0.143. The van der Waals surface area contributed by atoms with Crippen LogP contribution in [0.4, 0.5) is 10.1 Å². The summed E-state index contributed by atoms with van der Waals surface area (Å²) in [5.74, 6) is -0.815. The van der Waals surface area contributed by atoms with Crippen LogP contribution in [0.1, 0.15) is 5.56 Å². The summed E-state index contributed by atoms with van der Waals surface area (Å²) in [5.41, 5.74) is 0.874. The van der Waals surface area contributed by atoms with Gasteiger partial charge in [0.2, 0.25) is 5.91 Å². The summed E-state index contributed by atoms with van der Waals surface area (Å²) in [4.78, 5) is 23.5. The number of carbonyl (C=O) groups is 1. The van der Waals surface area contributed by atoms with Crippen molar-refractivity contribution in [2.24, 2.45) is 0 Å². The topological polar surface area (TPSA) is 51.1 Å². The van der Waals surface area contributed by atoms with Crippen LogP contribution in [-0.2, 0) is 11.3 Å². The molecule has 20 heavy (non-hydrogen) atoms. The number of aromatic nitrogens is 1. The maximum Gasteiger partial charge on any atom is 0.251 e. The normalized spacial score (nSPS) is 10.3. The maximum absolute atomic E-state index is 13.1. The van der Waals surface area contributed by atoms with Gasteiger partial charge < -0.3 is 9.88 Å². The molecule has 2 rings (SSSR count). The Morgan fingerprint density at radius 1 is 1.35 bits per heavy atom. The predicted molar refractivity (Wildman–Crippen MR) is 78.2 cm³/mol. The molecule has 1 aromatic carbocycles. The van der Waals surface area contributed by atoms with E-state index in [9.17, 15) is 14.0 Å². The predicted octanol–water partition coefficient (Wildman–Crippen LogP) is 2.70. The molecule has 0 aliphatic carbocycles. The Bertz CT molecular complexity index is 713. The number of hydrogen-bond acceptors (Lipinski definition) is 2. The molecule has 2 aromatic rings. The second-order valence-corrected chi connectivity index (χ2v) is 5.24. The lowest BCUT2D eigenvalue weighted by molar-refractivity contribution is -0.116. The molecular formula is C14H12BrFN2O2. The minimum Gasteiger partial charge on any atom is -0.324 e. The first-order valence-electron chi connectivity index (χ1n) is 5.88. The molecular weight excluding hydrogens is 327 g/mol. The minimum absolute atomic E-state index is 0.131. The van der Waals surface area contributed by atoms with Gasteiger partial charge in [-0.15, -0.1) is 0 Å². The van der Waals surface area contributed by atoms with Crippen LogP contribution in [0.2, 0.25) is 0 Å². The van der Waals surface area contributed by atoms with Gasteiger partial charge in [-0.2, -0.15) is 0 Å². The van der Waals surface area contributed by atoms with Gasteiger partial charge >= 0.3 is 0 Å². The van der Waals surface area contributed by atoms with Gasteiger partial charge in [0.05, 0.1) is 0 Å². The summed E-state index contributed by atoms with van der Waals surface area (Å²) in [6.45, 7) is 1.63. The van der Waals surface area contributed by atoms with E-state index in [1.165, 1.54) is 29.0 Å². The number of rotatable bonds is 3. The van der Waals surface area contributed by atoms with Crippen LogP contribution in [0.5, 0.6) is 0 Å². The molecule has 4 nitrogen and oxygen atoms in total. The molecule has 0 aliphatic rings. The van der Waals surface area contributed by atoms with Gasteiger partial charge in [-0.05, 0) is 46.6 Å². The highest BCUT2D eigenvalue weighted by atomic mass is 79.9. The largest absolute Gasteiger partial charge is 0.324 e. The maximum atomic E-state index is 13.1. The van der Waals surface area contributed by atoms with Crippen molar-refractivity contribution in [3.63, 3.8) is 0 Å². The lowest BCUT2D eigenvalue weighted by Crippen LogP contribution is -2.26. The Labute approximate surface area is 123 Å². The number of hydrogen-bond donors (Lipinski definition) is 1. The Balaban J connectivity index is 2.15. The molecule has 104 valence electrons. The highest BCUT2D eigenvalue weighted by molar-refractivity contribution is 9.10. The standard InChI is InChI=1S/C14H12BrFN2O2/c1-9-2-4-11(16)6-12(9)17-13(19)8-18-7-10(15)3-5-14(18)20/h2-7H,8H2,1H3,(H,17,19). The number of amides is 1. The SMILES string of the molecule is Cc1ccc(F)cc1NC(=O)Cn1cc(Br)ccc1=O. The van der Waals surface area contributed by atoms with Crippen LogP contribution in [-0.4, -0.2) is 10.5 Å². The van der Waals surface area contributed by atoms with E-state index in [2.05, 4.69) is 21.2 Å². The Morgan fingerprint density at radius 2 is 2.10 bits per heavy atom. The van der Waals surface area contributed by atoms with Crippen LogP contribution in [0, 0.1) is 12.7 Å². The number of halogens is 2. The number of benzene rings is 1. The zero-order valence-electron chi connectivity index (χ0n) is 10.7. The fourth-order valence-electron chi connectivity index (χ4n) is 1.70. The molecule has 0 saturated heterocycles. The highest BCUT2D eigenvalue weighted by Gasteiger charge is 2.08. The number of aryl methyl sites for hydroxylation is 1. The van der Waals surface area contributed by atoms with Gasteiger partial charge in [-0.3, -0.25) is 9.59 Å². The average molecular weight is 339 g/mol. The molecule has 1 N–H and O–H groups in total. The number of carbonyl (C=O) groups excluding carboxylic acids is 1. The molecule has 0 atom stereocenters. The smallest absolute Gasteiger partial charge is 0.251 e. The van der Waals surface area contributed by atoms with E-state index >= 15 is 0 Å². The molecule has 0 radical (unpaired) electrons. The van der Waals surface area contributed by atoms with E-state index in [0.717, 1.165) is 5.56 Å². The van der Waals surface area contributed by atoms with Crippen LogP contribution in [0.15, 0.2) is 45.8 Å². The van der Waals surface area contributed by atoms with Crippen molar-refractivity contribution >= 4 is 27.5 Å². The molecule has 1 heterocycles. The number of nitrogens with one attached hydrogen (secondary N) is 1. The molecule has 0 saturated carbocycles. The Hall–Kier alpha value is -1.95. The molecule has 1 aromatic heterocycles.